The molecule has 86 valence electrons. The Hall–Kier alpha value is -1.91. The van der Waals surface area contributed by atoms with Crippen molar-refractivity contribution in [1.82, 2.24) is 9.55 Å². The Kier molecular flexibility index (Phi) is 3.99. The number of aryl methyl sites for hydroxylation is 1. The number of hydrogen-bond acceptors (Lipinski definition) is 3. The highest BCUT2D eigenvalue weighted by atomic mass is 16.2. The van der Waals surface area contributed by atoms with Crippen LogP contribution in [0.15, 0.2) is 21.9 Å². The van der Waals surface area contributed by atoms with Crippen LogP contribution in [0.3, 0.4) is 0 Å². The van der Waals surface area contributed by atoms with Crippen LogP contribution in [0.25, 0.3) is 6.08 Å². The molecule has 0 fully saturated rings. The molecule has 0 saturated heterocycles. The third kappa shape index (κ3) is 3.05. The Labute approximate surface area is 92.4 Å². The first-order valence-corrected chi connectivity index (χ1v) is 5.05. The van der Waals surface area contributed by atoms with E-state index in [1.807, 2.05) is 6.92 Å². The molecule has 0 amide bonds. The minimum absolute atomic E-state index is 0.0317. The third-order valence-electron chi connectivity index (χ3n) is 2.08. The second kappa shape index (κ2) is 5.25. The largest absolute Gasteiger partial charge is 0.328 e. The Morgan fingerprint density at radius 2 is 2.19 bits per heavy atom. The number of allylic oxidation sites excluding steroid dienone is 1. The van der Waals surface area contributed by atoms with E-state index in [-0.39, 0.29) is 5.78 Å². The number of nitrogens with zero attached hydrogens (tertiary/aromatic N) is 1. The zero-order valence-corrected chi connectivity index (χ0v) is 9.32. The van der Waals surface area contributed by atoms with Gasteiger partial charge in [-0.15, -0.1) is 0 Å². The Morgan fingerprint density at radius 3 is 2.81 bits per heavy atom. The summed E-state index contributed by atoms with van der Waals surface area (Å²) in [7, 11) is 1.53. The topological polar surface area (TPSA) is 71.9 Å². The molecule has 1 heterocycles. The van der Waals surface area contributed by atoms with Crippen LogP contribution in [0.5, 0.6) is 0 Å². The minimum Gasteiger partial charge on any atom is -0.303 e. The zero-order valence-electron chi connectivity index (χ0n) is 9.32. The summed E-state index contributed by atoms with van der Waals surface area (Å²) in [6, 6.07) is 0. The van der Waals surface area contributed by atoms with Gasteiger partial charge in [0.15, 0.2) is 5.78 Å². The average molecular weight is 222 g/mol. The van der Waals surface area contributed by atoms with Crippen LogP contribution < -0.4 is 11.2 Å². The summed E-state index contributed by atoms with van der Waals surface area (Å²) in [6.07, 6.45) is 5.42. The van der Waals surface area contributed by atoms with Crippen LogP contribution in [-0.4, -0.2) is 15.3 Å². The zero-order chi connectivity index (χ0) is 12.1. The van der Waals surface area contributed by atoms with Crippen molar-refractivity contribution >= 4 is 11.9 Å². The molecule has 1 N–H and O–H groups in total. The van der Waals surface area contributed by atoms with Crippen molar-refractivity contribution in [2.45, 2.75) is 19.8 Å². The standard InChI is InChI=1S/C11H14N2O3/c1-3-4-9(14)6-5-8-7-13(2)11(16)12-10(8)15/h5-7H,3-4H2,1-2H3,(H,12,15,16)/b6-5+. The Morgan fingerprint density at radius 1 is 1.50 bits per heavy atom. The van der Waals surface area contributed by atoms with E-state index in [1.165, 1.54) is 30.0 Å². The molecule has 0 aliphatic carbocycles. The fourth-order valence-corrected chi connectivity index (χ4v) is 1.21. The predicted octanol–water partition coefficient (Wildman–Crippen LogP) is 0.456. The van der Waals surface area contributed by atoms with Gasteiger partial charge in [0.1, 0.15) is 0 Å². The first kappa shape index (κ1) is 12.2. The van der Waals surface area contributed by atoms with Crippen LogP contribution in [0.4, 0.5) is 0 Å². The van der Waals surface area contributed by atoms with E-state index in [1.54, 1.807) is 0 Å². The van der Waals surface area contributed by atoms with E-state index in [2.05, 4.69) is 4.98 Å². The Balaban J connectivity index is 2.98. The fraction of sp³-hybridized carbons (Fsp3) is 0.364. The Bertz CT molecular complexity index is 523. The molecular formula is C11H14N2O3. The fourth-order valence-electron chi connectivity index (χ4n) is 1.21. The maximum absolute atomic E-state index is 11.3. The van der Waals surface area contributed by atoms with Crippen LogP contribution in [-0.2, 0) is 11.8 Å². The first-order valence-electron chi connectivity index (χ1n) is 5.05. The lowest BCUT2D eigenvalue weighted by Gasteiger charge is -1.97. The van der Waals surface area contributed by atoms with E-state index in [0.29, 0.717) is 12.0 Å². The number of rotatable bonds is 4. The number of aromatic amines is 1. The van der Waals surface area contributed by atoms with Gasteiger partial charge in [0.2, 0.25) is 0 Å². The van der Waals surface area contributed by atoms with Gasteiger partial charge < -0.3 is 4.57 Å². The second-order valence-corrected chi connectivity index (χ2v) is 3.50. The summed E-state index contributed by atoms with van der Waals surface area (Å²) >= 11 is 0. The van der Waals surface area contributed by atoms with Gasteiger partial charge in [0, 0.05) is 19.7 Å². The molecule has 0 atom stereocenters. The molecule has 0 aliphatic heterocycles. The van der Waals surface area contributed by atoms with Gasteiger partial charge in [-0.05, 0) is 18.6 Å². The lowest BCUT2D eigenvalue weighted by atomic mass is 10.2. The first-order chi connectivity index (χ1) is 7.54. The number of H-pyrrole nitrogens is 1. The van der Waals surface area contributed by atoms with Crippen LogP contribution in [0.2, 0.25) is 0 Å². The van der Waals surface area contributed by atoms with Crippen LogP contribution >= 0.6 is 0 Å². The van der Waals surface area contributed by atoms with Crippen molar-refractivity contribution in [3.63, 3.8) is 0 Å². The van der Waals surface area contributed by atoms with Gasteiger partial charge >= 0.3 is 5.69 Å². The third-order valence-corrected chi connectivity index (χ3v) is 2.08. The molecule has 16 heavy (non-hydrogen) atoms. The highest BCUT2D eigenvalue weighted by Gasteiger charge is 1.99. The molecule has 0 saturated carbocycles. The summed E-state index contributed by atoms with van der Waals surface area (Å²) in [5, 5.41) is 0. The molecule has 0 radical (unpaired) electrons. The van der Waals surface area contributed by atoms with Crippen LogP contribution in [0.1, 0.15) is 25.3 Å². The van der Waals surface area contributed by atoms with E-state index in [0.717, 1.165) is 6.42 Å². The predicted molar refractivity (Wildman–Crippen MR) is 61.3 cm³/mol. The van der Waals surface area contributed by atoms with E-state index in [4.69, 9.17) is 0 Å². The number of aromatic nitrogens is 2. The molecule has 5 heteroatoms. The number of hydrogen-bond donors (Lipinski definition) is 1. The summed E-state index contributed by atoms with van der Waals surface area (Å²) in [5.74, 6) is -0.0317. The van der Waals surface area contributed by atoms with Crippen molar-refractivity contribution in [2.75, 3.05) is 0 Å². The lowest BCUT2D eigenvalue weighted by molar-refractivity contribution is -0.114. The molecule has 0 bridgehead atoms. The quantitative estimate of drug-likeness (QED) is 0.752. The van der Waals surface area contributed by atoms with E-state index in [9.17, 15) is 14.4 Å². The summed E-state index contributed by atoms with van der Waals surface area (Å²) in [4.78, 5) is 35.7. The van der Waals surface area contributed by atoms with Gasteiger partial charge in [-0.1, -0.05) is 6.92 Å². The normalized spacial score (nSPS) is 10.9. The van der Waals surface area contributed by atoms with Gasteiger partial charge in [-0.2, -0.15) is 0 Å². The van der Waals surface area contributed by atoms with Gasteiger partial charge in [-0.3, -0.25) is 14.6 Å². The van der Waals surface area contributed by atoms with Gasteiger partial charge in [-0.25, -0.2) is 4.79 Å². The molecule has 0 spiro atoms. The number of carbonyl (C=O) groups is 1. The van der Waals surface area contributed by atoms with Crippen molar-refractivity contribution < 1.29 is 4.79 Å². The minimum atomic E-state index is -0.483. The van der Waals surface area contributed by atoms with Crippen molar-refractivity contribution in [3.05, 3.63) is 38.7 Å². The summed E-state index contributed by atoms with van der Waals surface area (Å²) in [5.41, 5.74) is -0.655. The highest BCUT2D eigenvalue weighted by molar-refractivity contribution is 5.93. The average Bonchev–Trinajstić information content (AvgIpc) is 2.22. The SMILES string of the molecule is CCCC(=O)/C=C/c1cn(C)c(=O)[nH]c1=O. The van der Waals surface area contributed by atoms with Crippen molar-refractivity contribution in [1.29, 1.82) is 0 Å². The molecule has 0 aliphatic rings. The lowest BCUT2D eigenvalue weighted by Crippen LogP contribution is -2.28. The molecule has 5 nitrogen and oxygen atoms in total. The number of carbonyl (C=O) groups excluding carboxylic acids is 1. The van der Waals surface area contributed by atoms with Crippen LogP contribution in [0, 0.1) is 0 Å². The van der Waals surface area contributed by atoms with Gasteiger partial charge in [0.05, 0.1) is 5.56 Å². The van der Waals surface area contributed by atoms with Crippen molar-refractivity contribution in [2.24, 2.45) is 7.05 Å². The molecule has 1 aromatic rings. The number of nitrogens with one attached hydrogen (secondary N) is 1. The highest BCUT2D eigenvalue weighted by Crippen LogP contribution is 1.95. The van der Waals surface area contributed by atoms with Gasteiger partial charge in [0.25, 0.3) is 5.56 Å². The number of ketones is 1. The maximum atomic E-state index is 11.3. The summed E-state index contributed by atoms with van der Waals surface area (Å²) < 4.78 is 1.26. The monoisotopic (exact) mass is 222 g/mol. The molecular weight excluding hydrogens is 208 g/mol. The second-order valence-electron chi connectivity index (χ2n) is 3.50. The molecule has 1 aromatic heterocycles. The molecule has 1 rings (SSSR count). The smallest absolute Gasteiger partial charge is 0.303 e. The van der Waals surface area contributed by atoms with E-state index >= 15 is 0 Å². The summed E-state index contributed by atoms with van der Waals surface area (Å²) in [6.45, 7) is 1.91. The molecule has 0 unspecified atom stereocenters. The maximum Gasteiger partial charge on any atom is 0.328 e. The van der Waals surface area contributed by atoms with E-state index < -0.39 is 11.2 Å². The molecule has 0 aromatic carbocycles. The van der Waals surface area contributed by atoms with Crippen molar-refractivity contribution in [3.8, 4) is 0 Å².